The van der Waals surface area contributed by atoms with E-state index < -0.39 is 17.7 Å². The average molecular weight is 301 g/mol. The van der Waals surface area contributed by atoms with Gasteiger partial charge in [0, 0.05) is 10.0 Å². The number of aliphatic hydroxyl groups is 1. The van der Waals surface area contributed by atoms with Gasteiger partial charge in [-0.1, -0.05) is 15.9 Å². The van der Waals surface area contributed by atoms with Crippen molar-refractivity contribution in [3.63, 3.8) is 0 Å². The van der Waals surface area contributed by atoms with Crippen LogP contribution in [0.2, 0.25) is 0 Å². The van der Waals surface area contributed by atoms with E-state index in [1.165, 1.54) is 6.92 Å². The summed E-state index contributed by atoms with van der Waals surface area (Å²) in [6.07, 6.45) is -1.02. The molecule has 1 aliphatic rings. The zero-order chi connectivity index (χ0) is 12.6. The maximum absolute atomic E-state index is 11.8. The first-order valence-electron chi connectivity index (χ1n) is 5.32. The van der Waals surface area contributed by atoms with Gasteiger partial charge in [-0.2, -0.15) is 0 Å². The second-order valence-corrected chi connectivity index (χ2v) is 4.93. The van der Waals surface area contributed by atoms with Crippen molar-refractivity contribution in [2.75, 3.05) is 6.61 Å². The molecule has 0 fully saturated rings. The van der Waals surface area contributed by atoms with Gasteiger partial charge in [0.25, 0.3) is 0 Å². The van der Waals surface area contributed by atoms with Gasteiger partial charge >= 0.3 is 5.97 Å². The molecular weight excluding hydrogens is 288 g/mol. The molecule has 1 aromatic carbocycles. The fourth-order valence-electron chi connectivity index (χ4n) is 1.83. The highest BCUT2D eigenvalue weighted by Gasteiger charge is 2.51. The summed E-state index contributed by atoms with van der Waals surface area (Å²) in [7, 11) is 0. The minimum Gasteiger partial charge on any atom is -0.472 e. The summed E-state index contributed by atoms with van der Waals surface area (Å²) in [6.45, 7) is 3.50. The first-order valence-corrected chi connectivity index (χ1v) is 6.12. The largest absolute Gasteiger partial charge is 0.472 e. The maximum Gasteiger partial charge on any atom is 0.353 e. The summed E-state index contributed by atoms with van der Waals surface area (Å²) in [5.41, 5.74) is -0.769. The number of fused-ring (bicyclic) bond motifs is 1. The van der Waals surface area contributed by atoms with Crippen molar-refractivity contribution in [2.45, 2.75) is 25.6 Å². The maximum atomic E-state index is 11.8. The van der Waals surface area contributed by atoms with Gasteiger partial charge in [-0.15, -0.1) is 0 Å². The molecule has 0 amide bonds. The lowest BCUT2D eigenvalue weighted by Gasteiger charge is -2.24. The highest BCUT2D eigenvalue weighted by molar-refractivity contribution is 9.10. The normalized spacial score (nSPS) is 26.2. The Morgan fingerprint density at radius 1 is 1.65 bits per heavy atom. The van der Waals surface area contributed by atoms with Crippen molar-refractivity contribution in [2.24, 2.45) is 0 Å². The van der Waals surface area contributed by atoms with E-state index in [2.05, 4.69) is 15.9 Å². The third-order valence-electron chi connectivity index (χ3n) is 2.79. The standard InChI is InChI=1S/C12H13BrO4/c1-3-16-11(15)12(2)10(14)8-6-7(13)4-5-9(8)17-12/h4-6,10,14H,3H2,1-2H3. The quantitative estimate of drug-likeness (QED) is 0.851. The van der Waals surface area contributed by atoms with Gasteiger partial charge in [0.1, 0.15) is 11.9 Å². The number of benzene rings is 1. The Morgan fingerprint density at radius 2 is 2.35 bits per heavy atom. The van der Waals surface area contributed by atoms with Gasteiger partial charge in [0.2, 0.25) is 5.60 Å². The predicted molar refractivity (Wildman–Crippen MR) is 64.8 cm³/mol. The highest BCUT2D eigenvalue weighted by Crippen LogP contribution is 2.44. The molecule has 2 rings (SSSR count). The summed E-state index contributed by atoms with van der Waals surface area (Å²) in [6, 6.07) is 5.25. The number of hydrogen-bond acceptors (Lipinski definition) is 4. The van der Waals surface area contributed by atoms with Gasteiger partial charge in [0.15, 0.2) is 0 Å². The van der Waals surface area contributed by atoms with Crippen LogP contribution >= 0.6 is 15.9 Å². The van der Waals surface area contributed by atoms with Crippen LogP contribution in [0.3, 0.4) is 0 Å². The Kier molecular flexibility index (Phi) is 3.14. The fourth-order valence-corrected chi connectivity index (χ4v) is 2.21. The zero-order valence-electron chi connectivity index (χ0n) is 9.57. The molecule has 0 aromatic heterocycles. The Balaban J connectivity index is 2.36. The van der Waals surface area contributed by atoms with E-state index in [4.69, 9.17) is 9.47 Å². The first-order chi connectivity index (χ1) is 7.99. The van der Waals surface area contributed by atoms with E-state index in [0.717, 1.165) is 4.47 Å². The van der Waals surface area contributed by atoms with Crippen molar-refractivity contribution in [1.29, 1.82) is 0 Å². The number of aliphatic hydroxyl groups excluding tert-OH is 1. The van der Waals surface area contributed by atoms with Crippen LogP contribution in [-0.4, -0.2) is 23.3 Å². The van der Waals surface area contributed by atoms with E-state index in [0.29, 0.717) is 11.3 Å². The van der Waals surface area contributed by atoms with Crippen LogP contribution in [-0.2, 0) is 9.53 Å². The van der Waals surface area contributed by atoms with E-state index in [1.54, 1.807) is 25.1 Å². The molecule has 1 aliphatic heterocycles. The van der Waals surface area contributed by atoms with Crippen molar-refractivity contribution in [1.82, 2.24) is 0 Å². The zero-order valence-corrected chi connectivity index (χ0v) is 11.2. The highest BCUT2D eigenvalue weighted by atomic mass is 79.9. The van der Waals surface area contributed by atoms with Gasteiger partial charge in [-0.25, -0.2) is 4.79 Å². The molecular formula is C12H13BrO4. The van der Waals surface area contributed by atoms with Gasteiger partial charge in [0.05, 0.1) is 6.61 Å². The number of halogens is 1. The predicted octanol–water partition coefficient (Wildman–Crippen LogP) is 2.20. The number of rotatable bonds is 2. The van der Waals surface area contributed by atoms with E-state index in [1.807, 2.05) is 0 Å². The molecule has 5 heteroatoms. The molecule has 0 radical (unpaired) electrons. The third-order valence-corrected chi connectivity index (χ3v) is 3.28. The number of hydrogen-bond donors (Lipinski definition) is 1. The van der Waals surface area contributed by atoms with Crippen LogP contribution < -0.4 is 4.74 Å². The monoisotopic (exact) mass is 300 g/mol. The number of carbonyl (C=O) groups is 1. The third kappa shape index (κ3) is 1.93. The number of carbonyl (C=O) groups excluding carboxylic acids is 1. The molecule has 0 aliphatic carbocycles. The lowest BCUT2D eigenvalue weighted by molar-refractivity contribution is -0.167. The molecule has 2 unspecified atom stereocenters. The Bertz CT molecular complexity index is 460. The molecule has 1 aromatic rings. The molecule has 17 heavy (non-hydrogen) atoms. The molecule has 0 bridgehead atoms. The van der Waals surface area contributed by atoms with Crippen LogP contribution in [0.4, 0.5) is 0 Å². The summed E-state index contributed by atoms with van der Waals surface area (Å²) in [4.78, 5) is 11.8. The molecule has 92 valence electrons. The lowest BCUT2D eigenvalue weighted by Crippen LogP contribution is -2.44. The SMILES string of the molecule is CCOC(=O)C1(C)Oc2ccc(Br)cc2C1O. The molecule has 2 atom stereocenters. The fraction of sp³-hybridized carbons (Fsp3) is 0.417. The van der Waals surface area contributed by atoms with E-state index in [-0.39, 0.29) is 6.61 Å². The van der Waals surface area contributed by atoms with Crippen LogP contribution in [0.15, 0.2) is 22.7 Å². The second-order valence-electron chi connectivity index (χ2n) is 4.01. The summed E-state index contributed by atoms with van der Waals surface area (Å²) in [5, 5.41) is 10.2. The van der Waals surface area contributed by atoms with E-state index in [9.17, 15) is 9.90 Å². The lowest BCUT2D eigenvalue weighted by atomic mass is 9.96. The van der Waals surface area contributed by atoms with Crippen molar-refractivity contribution in [3.8, 4) is 5.75 Å². The van der Waals surface area contributed by atoms with Crippen LogP contribution in [0, 0.1) is 0 Å². The molecule has 4 nitrogen and oxygen atoms in total. The minimum absolute atomic E-state index is 0.255. The minimum atomic E-state index is -1.36. The smallest absolute Gasteiger partial charge is 0.353 e. The summed E-state index contributed by atoms with van der Waals surface area (Å²) in [5.74, 6) is -0.0453. The average Bonchev–Trinajstić information content (AvgIpc) is 2.54. The van der Waals surface area contributed by atoms with Gasteiger partial charge in [-0.05, 0) is 32.0 Å². The summed E-state index contributed by atoms with van der Waals surface area (Å²) < 4.78 is 11.3. The van der Waals surface area contributed by atoms with Crippen molar-refractivity contribution in [3.05, 3.63) is 28.2 Å². The second kappa shape index (κ2) is 4.31. The Hall–Kier alpha value is -1.07. The van der Waals surface area contributed by atoms with Crippen molar-refractivity contribution >= 4 is 21.9 Å². The molecule has 0 saturated heterocycles. The summed E-state index contributed by atoms with van der Waals surface area (Å²) >= 11 is 3.31. The Morgan fingerprint density at radius 3 is 3.00 bits per heavy atom. The van der Waals surface area contributed by atoms with Gasteiger partial charge in [-0.3, -0.25) is 0 Å². The van der Waals surface area contributed by atoms with E-state index >= 15 is 0 Å². The number of ether oxygens (including phenoxy) is 2. The van der Waals surface area contributed by atoms with Crippen molar-refractivity contribution < 1.29 is 19.4 Å². The molecule has 0 saturated carbocycles. The molecule has 1 N–H and O–H groups in total. The number of esters is 1. The first kappa shape index (κ1) is 12.4. The molecule has 0 spiro atoms. The topological polar surface area (TPSA) is 55.8 Å². The van der Waals surface area contributed by atoms with Gasteiger partial charge < -0.3 is 14.6 Å². The Labute approximate surface area is 108 Å². The van der Waals surface area contributed by atoms with Crippen LogP contribution in [0.25, 0.3) is 0 Å². The van der Waals surface area contributed by atoms with Crippen LogP contribution in [0.1, 0.15) is 25.5 Å². The molecule has 1 heterocycles. The van der Waals surface area contributed by atoms with Crippen LogP contribution in [0.5, 0.6) is 5.75 Å².